The highest BCUT2D eigenvalue weighted by Gasteiger charge is 2.31. The number of carbonyl (C=O) groups excluding carboxylic acids is 1. The lowest BCUT2D eigenvalue weighted by atomic mass is 10.1. The van der Waals surface area contributed by atoms with E-state index in [9.17, 15) is 9.59 Å². The molecule has 1 aromatic carbocycles. The molecule has 1 heterocycles. The smallest absolute Gasteiger partial charge is 0.335 e. The molecule has 0 amide bonds. The number of carboxylic acids is 1. The highest BCUT2D eigenvalue weighted by Crippen LogP contribution is 2.26. The quantitative estimate of drug-likeness (QED) is 0.823. The van der Waals surface area contributed by atoms with Gasteiger partial charge in [0.15, 0.2) is 0 Å². The Balaban J connectivity index is 2.27. The molecule has 5 nitrogen and oxygen atoms in total. The zero-order chi connectivity index (χ0) is 13.1. The number of anilines is 1. The van der Waals surface area contributed by atoms with Crippen molar-refractivity contribution in [2.75, 3.05) is 18.6 Å². The van der Waals surface area contributed by atoms with Gasteiger partial charge in [-0.2, -0.15) is 0 Å². The molecule has 2 rings (SSSR count). The van der Waals surface area contributed by atoms with Gasteiger partial charge in [0.2, 0.25) is 0 Å². The fourth-order valence-electron chi connectivity index (χ4n) is 2.27. The number of nitrogens with zero attached hydrogens (tertiary/aromatic N) is 1. The van der Waals surface area contributed by atoms with Crippen LogP contribution in [0.2, 0.25) is 0 Å². The molecule has 5 heteroatoms. The van der Waals surface area contributed by atoms with Crippen molar-refractivity contribution in [1.29, 1.82) is 0 Å². The molecule has 96 valence electrons. The van der Waals surface area contributed by atoms with Crippen molar-refractivity contribution in [2.24, 2.45) is 0 Å². The van der Waals surface area contributed by atoms with E-state index in [2.05, 4.69) is 0 Å². The van der Waals surface area contributed by atoms with Crippen LogP contribution in [0, 0.1) is 0 Å². The molecule has 1 aromatic rings. The molecular formula is C13H15NO4. The summed E-state index contributed by atoms with van der Waals surface area (Å²) >= 11 is 0. The van der Waals surface area contributed by atoms with Gasteiger partial charge >= 0.3 is 11.9 Å². The van der Waals surface area contributed by atoms with Crippen molar-refractivity contribution < 1.29 is 19.4 Å². The van der Waals surface area contributed by atoms with E-state index in [1.54, 1.807) is 12.1 Å². The summed E-state index contributed by atoms with van der Waals surface area (Å²) in [6.45, 7) is 0.739. The first kappa shape index (κ1) is 12.4. The van der Waals surface area contributed by atoms with Crippen molar-refractivity contribution in [1.82, 2.24) is 0 Å². The summed E-state index contributed by atoms with van der Waals surface area (Å²) in [6, 6.07) is 6.32. The Morgan fingerprint density at radius 3 is 2.89 bits per heavy atom. The second-order valence-electron chi connectivity index (χ2n) is 4.23. The number of ether oxygens (including phenoxy) is 1. The van der Waals surface area contributed by atoms with Gasteiger partial charge in [-0.1, -0.05) is 6.07 Å². The normalized spacial score (nSPS) is 18.7. The Morgan fingerprint density at radius 2 is 2.22 bits per heavy atom. The van der Waals surface area contributed by atoms with Crippen LogP contribution in [0.5, 0.6) is 0 Å². The number of benzene rings is 1. The summed E-state index contributed by atoms with van der Waals surface area (Å²) in [4.78, 5) is 24.5. The predicted octanol–water partition coefficient (Wildman–Crippen LogP) is 1.53. The highest BCUT2D eigenvalue weighted by atomic mass is 16.5. The maximum absolute atomic E-state index is 11.6. The Morgan fingerprint density at radius 1 is 1.44 bits per heavy atom. The summed E-state index contributed by atoms with van der Waals surface area (Å²) in [5.74, 6) is -1.24. The van der Waals surface area contributed by atoms with E-state index in [4.69, 9.17) is 9.84 Å². The van der Waals surface area contributed by atoms with E-state index >= 15 is 0 Å². The predicted molar refractivity (Wildman–Crippen MR) is 65.8 cm³/mol. The van der Waals surface area contributed by atoms with E-state index in [0.717, 1.165) is 25.1 Å². The first-order valence-electron chi connectivity index (χ1n) is 5.81. The Hall–Kier alpha value is -2.04. The number of aromatic carboxylic acids is 1. The number of carboxylic acid groups (broad SMARTS) is 1. The molecule has 18 heavy (non-hydrogen) atoms. The second kappa shape index (κ2) is 5.08. The Labute approximate surface area is 105 Å². The zero-order valence-electron chi connectivity index (χ0n) is 10.1. The minimum absolute atomic E-state index is 0.225. The van der Waals surface area contributed by atoms with E-state index in [0.29, 0.717) is 0 Å². The summed E-state index contributed by atoms with van der Waals surface area (Å²) in [5.41, 5.74) is 0.978. The highest BCUT2D eigenvalue weighted by molar-refractivity contribution is 5.89. The van der Waals surface area contributed by atoms with E-state index in [1.807, 2.05) is 11.0 Å². The SMILES string of the molecule is COC(=O)[C@@H]1CCCN1c1cccc(C(=O)O)c1. The topological polar surface area (TPSA) is 66.8 Å². The summed E-state index contributed by atoms with van der Waals surface area (Å²) in [7, 11) is 1.37. The molecule has 1 fully saturated rings. The molecule has 0 spiro atoms. The maximum Gasteiger partial charge on any atom is 0.335 e. The molecule has 1 aliphatic heterocycles. The summed E-state index contributed by atoms with van der Waals surface area (Å²) in [6.07, 6.45) is 1.64. The molecule has 0 aliphatic carbocycles. The van der Waals surface area contributed by atoms with Gasteiger partial charge in [0.1, 0.15) is 6.04 Å². The number of esters is 1. The third-order valence-electron chi connectivity index (χ3n) is 3.15. The van der Waals surface area contributed by atoms with Crippen LogP contribution in [0.4, 0.5) is 5.69 Å². The molecule has 1 aliphatic rings. The number of hydrogen-bond acceptors (Lipinski definition) is 4. The third-order valence-corrected chi connectivity index (χ3v) is 3.15. The van der Waals surface area contributed by atoms with Crippen LogP contribution in [-0.4, -0.2) is 36.7 Å². The monoisotopic (exact) mass is 249 g/mol. The van der Waals surface area contributed by atoms with Crippen LogP contribution >= 0.6 is 0 Å². The molecule has 0 radical (unpaired) electrons. The van der Waals surface area contributed by atoms with E-state index < -0.39 is 5.97 Å². The molecular weight excluding hydrogens is 234 g/mol. The number of rotatable bonds is 3. The Kier molecular flexibility index (Phi) is 3.50. The van der Waals surface area contributed by atoms with E-state index in [-0.39, 0.29) is 17.6 Å². The molecule has 1 saturated heterocycles. The van der Waals surface area contributed by atoms with Gasteiger partial charge in [-0.3, -0.25) is 0 Å². The van der Waals surface area contributed by atoms with Crippen LogP contribution in [0.1, 0.15) is 23.2 Å². The average molecular weight is 249 g/mol. The van der Waals surface area contributed by atoms with Gasteiger partial charge < -0.3 is 14.7 Å². The van der Waals surface area contributed by atoms with Crippen LogP contribution in [0.25, 0.3) is 0 Å². The maximum atomic E-state index is 11.6. The standard InChI is InChI=1S/C13H15NO4/c1-18-13(17)11-6-3-7-14(11)10-5-2-4-9(8-10)12(15)16/h2,4-5,8,11H,3,6-7H2,1H3,(H,15,16)/t11-/m0/s1. The third kappa shape index (κ3) is 2.30. The molecule has 0 unspecified atom stereocenters. The fraction of sp³-hybridized carbons (Fsp3) is 0.385. The summed E-state index contributed by atoms with van der Waals surface area (Å²) in [5, 5.41) is 8.96. The molecule has 0 saturated carbocycles. The van der Waals surface area contributed by atoms with Gasteiger partial charge in [-0.05, 0) is 31.0 Å². The van der Waals surface area contributed by atoms with Crippen molar-refractivity contribution in [3.05, 3.63) is 29.8 Å². The van der Waals surface area contributed by atoms with Crippen LogP contribution < -0.4 is 4.90 Å². The minimum atomic E-state index is -0.967. The molecule has 1 N–H and O–H groups in total. The van der Waals surface area contributed by atoms with Crippen molar-refractivity contribution in [3.63, 3.8) is 0 Å². The first-order chi connectivity index (χ1) is 8.63. The average Bonchev–Trinajstić information content (AvgIpc) is 2.87. The van der Waals surface area contributed by atoms with Gasteiger partial charge in [-0.25, -0.2) is 9.59 Å². The van der Waals surface area contributed by atoms with E-state index in [1.165, 1.54) is 13.2 Å². The first-order valence-corrected chi connectivity index (χ1v) is 5.81. The van der Waals surface area contributed by atoms with Gasteiger partial charge in [0, 0.05) is 12.2 Å². The number of hydrogen-bond donors (Lipinski definition) is 1. The van der Waals surface area contributed by atoms with Gasteiger partial charge in [0.25, 0.3) is 0 Å². The Bertz CT molecular complexity index is 472. The molecule has 1 atom stereocenters. The number of methoxy groups -OCH3 is 1. The van der Waals surface area contributed by atoms with Gasteiger partial charge in [0.05, 0.1) is 12.7 Å². The van der Waals surface area contributed by atoms with Crippen molar-refractivity contribution >= 4 is 17.6 Å². The fourth-order valence-corrected chi connectivity index (χ4v) is 2.27. The van der Waals surface area contributed by atoms with Crippen LogP contribution in [-0.2, 0) is 9.53 Å². The van der Waals surface area contributed by atoms with Crippen molar-refractivity contribution in [2.45, 2.75) is 18.9 Å². The van der Waals surface area contributed by atoms with Gasteiger partial charge in [-0.15, -0.1) is 0 Å². The van der Waals surface area contributed by atoms with Crippen LogP contribution in [0.15, 0.2) is 24.3 Å². The van der Waals surface area contributed by atoms with Crippen LogP contribution in [0.3, 0.4) is 0 Å². The lowest BCUT2D eigenvalue weighted by molar-refractivity contribution is -0.141. The number of carbonyl (C=O) groups is 2. The largest absolute Gasteiger partial charge is 0.478 e. The zero-order valence-corrected chi connectivity index (χ0v) is 10.1. The molecule has 0 bridgehead atoms. The summed E-state index contributed by atoms with van der Waals surface area (Å²) < 4.78 is 4.77. The molecule has 0 aromatic heterocycles. The lowest BCUT2D eigenvalue weighted by Crippen LogP contribution is -2.36. The van der Waals surface area contributed by atoms with Crippen molar-refractivity contribution in [3.8, 4) is 0 Å². The lowest BCUT2D eigenvalue weighted by Gasteiger charge is -2.24. The second-order valence-corrected chi connectivity index (χ2v) is 4.23. The minimum Gasteiger partial charge on any atom is -0.478 e.